The van der Waals surface area contributed by atoms with Gasteiger partial charge >= 0.3 is 0 Å². The fourth-order valence-electron chi connectivity index (χ4n) is 1.59. The molecule has 0 atom stereocenters. The molecule has 16 heavy (non-hydrogen) atoms. The molecule has 1 rings (SSSR count). The van der Waals surface area contributed by atoms with Crippen LogP contribution in [0.3, 0.4) is 0 Å². The van der Waals surface area contributed by atoms with Crippen molar-refractivity contribution in [2.75, 3.05) is 13.1 Å². The van der Waals surface area contributed by atoms with Crippen LogP contribution in [0, 0.1) is 6.92 Å². The summed E-state index contributed by atoms with van der Waals surface area (Å²) < 4.78 is 0. The number of aromatic nitrogens is 2. The van der Waals surface area contributed by atoms with E-state index in [0.29, 0.717) is 5.15 Å². The van der Waals surface area contributed by atoms with Gasteiger partial charge in [-0.05, 0) is 32.5 Å². The summed E-state index contributed by atoms with van der Waals surface area (Å²) in [5.41, 5.74) is 0.932. The van der Waals surface area contributed by atoms with Gasteiger partial charge in [0.25, 0.3) is 0 Å². The van der Waals surface area contributed by atoms with Crippen molar-refractivity contribution >= 4 is 11.6 Å². The lowest BCUT2D eigenvalue weighted by molar-refractivity contribution is 0.268. The quantitative estimate of drug-likeness (QED) is 0.717. The monoisotopic (exact) mass is 241 g/mol. The number of rotatable bonds is 6. The van der Waals surface area contributed by atoms with Crippen molar-refractivity contribution in [3.8, 4) is 0 Å². The van der Waals surface area contributed by atoms with Crippen LogP contribution < -0.4 is 0 Å². The van der Waals surface area contributed by atoms with Crippen molar-refractivity contribution in [2.24, 2.45) is 0 Å². The third-order valence-electron chi connectivity index (χ3n) is 2.51. The van der Waals surface area contributed by atoms with Crippen molar-refractivity contribution < 1.29 is 0 Å². The van der Waals surface area contributed by atoms with Crippen LogP contribution >= 0.6 is 11.6 Å². The summed E-state index contributed by atoms with van der Waals surface area (Å²) in [5, 5.41) is 0.536. The first-order valence-corrected chi connectivity index (χ1v) is 6.26. The maximum atomic E-state index is 5.91. The zero-order valence-electron chi connectivity index (χ0n) is 10.3. The molecule has 0 fully saturated rings. The molecule has 0 aliphatic rings. The highest BCUT2D eigenvalue weighted by atomic mass is 35.5. The fraction of sp³-hybridized carbons (Fsp3) is 0.667. The Bertz CT molecular complexity index is 308. The minimum atomic E-state index is 0.536. The van der Waals surface area contributed by atoms with Crippen LogP contribution in [0.4, 0.5) is 0 Å². The average molecular weight is 242 g/mol. The summed E-state index contributed by atoms with van der Waals surface area (Å²) in [6.45, 7) is 9.22. The molecule has 0 aromatic carbocycles. The van der Waals surface area contributed by atoms with Gasteiger partial charge < -0.3 is 0 Å². The number of unbranched alkanes of at least 4 members (excludes halogenated alkanes) is 1. The molecule has 0 aliphatic carbocycles. The van der Waals surface area contributed by atoms with E-state index in [9.17, 15) is 0 Å². The van der Waals surface area contributed by atoms with Gasteiger partial charge in [-0.25, -0.2) is 9.97 Å². The van der Waals surface area contributed by atoms with Gasteiger partial charge in [-0.3, -0.25) is 4.90 Å². The molecule has 0 aliphatic heterocycles. The number of aryl methyl sites for hydroxylation is 1. The van der Waals surface area contributed by atoms with Crippen molar-refractivity contribution in [1.82, 2.24) is 14.9 Å². The molecule has 0 unspecified atom stereocenters. The molecule has 0 saturated carbocycles. The van der Waals surface area contributed by atoms with E-state index in [-0.39, 0.29) is 0 Å². The van der Waals surface area contributed by atoms with E-state index >= 15 is 0 Å². The predicted octanol–water partition coefficient (Wildman–Crippen LogP) is 3.06. The van der Waals surface area contributed by atoms with Crippen molar-refractivity contribution in [1.29, 1.82) is 0 Å². The first-order valence-electron chi connectivity index (χ1n) is 5.88. The normalized spacial score (nSPS) is 11.1. The van der Waals surface area contributed by atoms with E-state index in [4.69, 9.17) is 11.6 Å². The molecule has 0 amide bonds. The van der Waals surface area contributed by atoms with Gasteiger partial charge in [-0.1, -0.05) is 31.9 Å². The Morgan fingerprint density at radius 3 is 2.62 bits per heavy atom. The summed E-state index contributed by atoms with van der Waals surface area (Å²) in [4.78, 5) is 11.0. The minimum absolute atomic E-state index is 0.536. The van der Waals surface area contributed by atoms with Gasteiger partial charge in [0.15, 0.2) is 0 Å². The molecule has 0 spiro atoms. The van der Waals surface area contributed by atoms with Crippen LogP contribution in [0.2, 0.25) is 5.15 Å². The first-order chi connectivity index (χ1) is 7.65. The van der Waals surface area contributed by atoms with E-state index in [1.807, 2.05) is 6.92 Å². The van der Waals surface area contributed by atoms with Crippen LogP contribution in [0.25, 0.3) is 0 Å². The lowest BCUT2D eigenvalue weighted by Gasteiger charge is -2.19. The Balaban J connectivity index is 2.62. The van der Waals surface area contributed by atoms with Crippen molar-refractivity contribution in [2.45, 2.75) is 40.2 Å². The summed E-state index contributed by atoms with van der Waals surface area (Å²) in [5.74, 6) is 0.822. The second-order valence-corrected chi connectivity index (χ2v) is 4.36. The van der Waals surface area contributed by atoms with Crippen LogP contribution in [0.15, 0.2) is 6.07 Å². The SMILES string of the molecule is CCCCN(CC)Cc1nc(C)cc(Cl)n1. The number of hydrogen-bond donors (Lipinski definition) is 0. The van der Waals surface area contributed by atoms with Crippen LogP contribution in [-0.4, -0.2) is 28.0 Å². The van der Waals surface area contributed by atoms with Crippen molar-refractivity contribution in [3.05, 3.63) is 22.7 Å². The second kappa shape index (κ2) is 6.81. The Morgan fingerprint density at radius 2 is 2.06 bits per heavy atom. The standard InChI is InChI=1S/C12H20ClN3/c1-4-6-7-16(5-2)9-12-14-10(3)8-11(13)15-12/h8H,4-7,9H2,1-3H3. The molecule has 90 valence electrons. The lowest BCUT2D eigenvalue weighted by Crippen LogP contribution is -2.25. The molecule has 0 saturated heterocycles. The third kappa shape index (κ3) is 4.45. The highest BCUT2D eigenvalue weighted by Gasteiger charge is 2.06. The topological polar surface area (TPSA) is 29.0 Å². The molecule has 1 aromatic rings. The van der Waals surface area contributed by atoms with Crippen molar-refractivity contribution in [3.63, 3.8) is 0 Å². The summed E-state index contributed by atoms with van der Waals surface area (Å²) in [7, 11) is 0. The number of hydrogen-bond acceptors (Lipinski definition) is 3. The summed E-state index contributed by atoms with van der Waals surface area (Å²) >= 11 is 5.91. The molecule has 4 heteroatoms. The molecule has 0 bridgehead atoms. The van der Waals surface area contributed by atoms with E-state index in [1.165, 1.54) is 12.8 Å². The molecule has 1 aromatic heterocycles. The Kier molecular flexibility index (Phi) is 5.71. The maximum absolute atomic E-state index is 5.91. The summed E-state index contributed by atoms with van der Waals surface area (Å²) in [6.07, 6.45) is 2.43. The summed E-state index contributed by atoms with van der Waals surface area (Å²) in [6, 6.07) is 1.79. The Hall–Kier alpha value is -0.670. The van der Waals surface area contributed by atoms with E-state index in [1.54, 1.807) is 6.07 Å². The molecular formula is C12H20ClN3. The zero-order chi connectivity index (χ0) is 12.0. The fourth-order valence-corrected chi connectivity index (χ4v) is 1.85. The molecule has 0 N–H and O–H groups in total. The highest BCUT2D eigenvalue weighted by Crippen LogP contribution is 2.08. The van der Waals surface area contributed by atoms with Gasteiger partial charge in [-0.15, -0.1) is 0 Å². The highest BCUT2D eigenvalue weighted by molar-refractivity contribution is 6.29. The van der Waals surface area contributed by atoms with E-state index < -0.39 is 0 Å². The second-order valence-electron chi connectivity index (χ2n) is 3.97. The van der Waals surface area contributed by atoms with Gasteiger partial charge in [0.05, 0.1) is 6.54 Å². The lowest BCUT2D eigenvalue weighted by atomic mass is 10.3. The maximum Gasteiger partial charge on any atom is 0.144 e. The Labute approximate surface area is 103 Å². The van der Waals surface area contributed by atoms with Gasteiger partial charge in [0.2, 0.25) is 0 Å². The van der Waals surface area contributed by atoms with Crippen LogP contribution in [0.1, 0.15) is 38.2 Å². The number of halogens is 1. The minimum Gasteiger partial charge on any atom is -0.296 e. The largest absolute Gasteiger partial charge is 0.296 e. The van der Waals surface area contributed by atoms with E-state index in [2.05, 4.69) is 28.7 Å². The molecule has 1 heterocycles. The molecule has 3 nitrogen and oxygen atoms in total. The van der Waals surface area contributed by atoms with Crippen LogP contribution in [0.5, 0.6) is 0 Å². The van der Waals surface area contributed by atoms with E-state index in [0.717, 1.165) is 31.2 Å². The zero-order valence-corrected chi connectivity index (χ0v) is 11.1. The molecular weight excluding hydrogens is 222 g/mol. The van der Waals surface area contributed by atoms with Gasteiger partial charge in [-0.2, -0.15) is 0 Å². The third-order valence-corrected chi connectivity index (χ3v) is 2.70. The number of nitrogens with zero attached hydrogens (tertiary/aromatic N) is 3. The predicted molar refractivity (Wildman–Crippen MR) is 67.6 cm³/mol. The Morgan fingerprint density at radius 1 is 1.31 bits per heavy atom. The molecule has 0 radical (unpaired) electrons. The first kappa shape index (κ1) is 13.4. The van der Waals surface area contributed by atoms with Gasteiger partial charge in [0, 0.05) is 5.69 Å². The van der Waals surface area contributed by atoms with Gasteiger partial charge in [0.1, 0.15) is 11.0 Å². The average Bonchev–Trinajstić information content (AvgIpc) is 2.22. The smallest absolute Gasteiger partial charge is 0.144 e. The van der Waals surface area contributed by atoms with Crippen LogP contribution in [-0.2, 0) is 6.54 Å².